The quantitative estimate of drug-likeness (QED) is 0.344. The molecule has 0 heterocycles. The fraction of sp³-hybridized carbons (Fsp3) is 0.280. The molecule has 3 aromatic rings. The number of benzene rings is 3. The van der Waals surface area contributed by atoms with Gasteiger partial charge in [0.15, 0.2) is 0 Å². The number of hydrogen-bond acceptors (Lipinski definition) is 7. The van der Waals surface area contributed by atoms with Crippen LogP contribution in [0.4, 0.5) is 0 Å². The fourth-order valence-corrected chi connectivity index (χ4v) is 6.13. The highest BCUT2D eigenvalue weighted by Gasteiger charge is 2.57. The van der Waals surface area contributed by atoms with Crippen molar-refractivity contribution >= 4 is 10.0 Å². The van der Waals surface area contributed by atoms with Gasteiger partial charge in [-0.1, -0.05) is 54.6 Å². The molecule has 34 heavy (non-hydrogen) atoms. The van der Waals surface area contributed by atoms with Crippen LogP contribution in [0.25, 0.3) is 0 Å². The monoisotopic (exact) mass is 486 g/mol. The molecule has 0 amide bonds. The zero-order valence-corrected chi connectivity index (χ0v) is 19.9. The van der Waals surface area contributed by atoms with Crippen molar-refractivity contribution in [2.24, 2.45) is 10.9 Å². The molecule has 0 saturated heterocycles. The lowest BCUT2D eigenvalue weighted by Gasteiger charge is -2.43. The second-order valence-corrected chi connectivity index (χ2v) is 9.72. The number of methoxy groups -OCH3 is 2. The van der Waals surface area contributed by atoms with Crippen molar-refractivity contribution in [3.05, 3.63) is 89.5 Å². The minimum absolute atomic E-state index is 0.0470. The summed E-state index contributed by atoms with van der Waals surface area (Å²) in [5, 5.41) is 28.0. The van der Waals surface area contributed by atoms with Crippen LogP contribution in [-0.4, -0.2) is 45.5 Å². The van der Waals surface area contributed by atoms with Gasteiger partial charge >= 0.3 is 0 Å². The third kappa shape index (κ3) is 4.60. The third-order valence-electron chi connectivity index (χ3n) is 6.13. The van der Waals surface area contributed by atoms with Crippen LogP contribution in [0.5, 0.6) is 17.2 Å². The van der Waals surface area contributed by atoms with Crippen LogP contribution in [0.15, 0.2) is 72.8 Å². The first-order valence-corrected chi connectivity index (χ1v) is 12.2. The van der Waals surface area contributed by atoms with Gasteiger partial charge in [-0.25, -0.2) is 13.6 Å². The minimum Gasteiger partial charge on any atom is -0.508 e. The highest BCUT2D eigenvalue weighted by molar-refractivity contribution is 7.90. The largest absolute Gasteiger partial charge is 0.508 e. The van der Waals surface area contributed by atoms with Gasteiger partial charge in [-0.2, -0.15) is 0 Å². The molecule has 8 nitrogen and oxygen atoms in total. The topological polar surface area (TPSA) is 145 Å². The molecule has 0 aromatic heterocycles. The number of sulfonamides is 1. The highest BCUT2D eigenvalue weighted by atomic mass is 32.2. The number of rotatable bonds is 10. The van der Waals surface area contributed by atoms with Crippen LogP contribution in [-0.2, 0) is 21.2 Å². The Balaban J connectivity index is 2.45. The van der Waals surface area contributed by atoms with E-state index in [4.69, 9.17) is 20.3 Å². The first-order valence-electron chi connectivity index (χ1n) is 10.7. The lowest BCUT2D eigenvalue weighted by molar-refractivity contribution is 0.111. The summed E-state index contributed by atoms with van der Waals surface area (Å²) in [4.78, 5) is 0. The smallest absolute Gasteiger partial charge is 0.222 e. The molecule has 0 aliphatic carbocycles. The molecule has 0 aliphatic heterocycles. The van der Waals surface area contributed by atoms with Crippen LogP contribution >= 0.6 is 0 Å². The van der Waals surface area contributed by atoms with E-state index in [1.54, 1.807) is 30.3 Å². The van der Waals surface area contributed by atoms with Gasteiger partial charge in [0, 0.05) is 24.1 Å². The lowest BCUT2D eigenvalue weighted by atomic mass is 9.73. The van der Waals surface area contributed by atoms with Gasteiger partial charge in [-0.05, 0) is 29.7 Å². The average molecular weight is 487 g/mol. The molecule has 3 rings (SSSR count). The Morgan fingerprint density at radius 2 is 1.62 bits per heavy atom. The van der Waals surface area contributed by atoms with Crippen LogP contribution in [0.3, 0.4) is 0 Å². The van der Waals surface area contributed by atoms with E-state index in [-0.39, 0.29) is 17.7 Å². The number of hydrogen-bond donors (Lipinski definition) is 4. The van der Waals surface area contributed by atoms with Crippen LogP contribution in [0.2, 0.25) is 0 Å². The Morgan fingerprint density at radius 3 is 2.18 bits per heavy atom. The van der Waals surface area contributed by atoms with Crippen molar-refractivity contribution in [2.75, 3.05) is 20.8 Å². The summed E-state index contributed by atoms with van der Waals surface area (Å²) in [6.45, 7) is -0.422. The van der Waals surface area contributed by atoms with Crippen molar-refractivity contribution in [3.63, 3.8) is 0 Å². The highest BCUT2D eigenvalue weighted by Crippen LogP contribution is 2.51. The molecule has 6 N–H and O–H groups in total. The second-order valence-electron chi connectivity index (χ2n) is 7.96. The first-order chi connectivity index (χ1) is 16.2. The number of primary sulfonamides is 1. The number of ether oxygens (including phenoxy) is 2. The van der Waals surface area contributed by atoms with Gasteiger partial charge < -0.3 is 25.4 Å². The third-order valence-corrected chi connectivity index (χ3v) is 7.85. The van der Waals surface area contributed by atoms with Crippen LogP contribution in [0.1, 0.15) is 22.6 Å². The zero-order chi connectivity index (χ0) is 24.9. The minimum atomic E-state index is -4.60. The number of phenolic OH excluding ortho intramolecular Hbond substituents is 1. The van der Waals surface area contributed by atoms with Crippen molar-refractivity contribution < 1.29 is 28.1 Å². The van der Waals surface area contributed by atoms with Gasteiger partial charge in [0.1, 0.15) is 22.0 Å². The average Bonchev–Trinajstić information content (AvgIpc) is 2.84. The summed E-state index contributed by atoms with van der Waals surface area (Å²) in [6.07, 6.45) is -1.51. The fourth-order valence-electron chi connectivity index (χ4n) is 4.57. The van der Waals surface area contributed by atoms with Gasteiger partial charge in [-0.15, -0.1) is 0 Å². The van der Waals surface area contributed by atoms with Crippen molar-refractivity contribution in [1.29, 1.82) is 0 Å². The summed E-state index contributed by atoms with van der Waals surface area (Å²) >= 11 is 0. The van der Waals surface area contributed by atoms with Crippen molar-refractivity contribution in [3.8, 4) is 17.2 Å². The zero-order valence-electron chi connectivity index (χ0n) is 19.1. The number of phenols is 1. The SMILES string of the molecule is COc1ccc(C(Cc2ccccc2)C(c2ccccc2O)(C(O)CN)S(N)(=O)=O)c(OC)c1. The van der Waals surface area contributed by atoms with Crippen molar-refractivity contribution in [2.45, 2.75) is 23.2 Å². The first kappa shape index (κ1) is 25.5. The molecule has 0 bridgehead atoms. The number of aromatic hydroxyl groups is 1. The van der Waals surface area contributed by atoms with Crippen LogP contribution in [0, 0.1) is 0 Å². The van der Waals surface area contributed by atoms with Gasteiger partial charge in [0.25, 0.3) is 0 Å². The summed E-state index contributed by atoms with van der Waals surface area (Å²) in [5.41, 5.74) is 7.06. The number of para-hydroxylation sites is 1. The normalized spacial score (nSPS) is 15.2. The van der Waals surface area contributed by atoms with E-state index in [2.05, 4.69) is 0 Å². The molecule has 3 aromatic carbocycles. The predicted molar refractivity (Wildman–Crippen MR) is 130 cm³/mol. The molecular formula is C25H30N2O6S. The van der Waals surface area contributed by atoms with Gasteiger partial charge in [0.2, 0.25) is 10.0 Å². The number of nitrogens with two attached hydrogens (primary N) is 2. The van der Waals surface area contributed by atoms with E-state index < -0.39 is 33.3 Å². The molecule has 3 atom stereocenters. The standard InChI is InChI=1S/C25H30N2O6S/c1-32-18-12-13-19(23(15-18)33-2)21(14-17-8-4-3-5-9-17)25(24(29)16-26,34(27,30)31)20-10-6-7-11-22(20)28/h3-13,15,21,24,28-29H,14,16,26H2,1-2H3,(H2,27,30,31). The summed E-state index contributed by atoms with van der Waals surface area (Å²) in [6, 6.07) is 20.1. The molecule has 0 saturated carbocycles. The molecule has 0 radical (unpaired) electrons. The molecule has 0 aliphatic rings. The Labute approximate surface area is 199 Å². The predicted octanol–water partition coefficient (Wildman–Crippen LogP) is 2.24. The number of aliphatic hydroxyl groups is 1. The molecule has 182 valence electrons. The Hall–Kier alpha value is -3.11. The summed E-state index contributed by atoms with van der Waals surface area (Å²) in [5.74, 6) is -0.484. The van der Waals surface area contributed by atoms with E-state index >= 15 is 0 Å². The molecule has 0 fully saturated rings. The van der Waals surface area contributed by atoms with E-state index in [0.717, 1.165) is 5.56 Å². The molecule has 0 spiro atoms. The van der Waals surface area contributed by atoms with E-state index in [1.165, 1.54) is 26.4 Å². The maximum atomic E-state index is 13.5. The Morgan fingerprint density at radius 1 is 0.971 bits per heavy atom. The molecule has 3 unspecified atom stereocenters. The van der Waals surface area contributed by atoms with Crippen LogP contribution < -0.4 is 20.3 Å². The lowest BCUT2D eigenvalue weighted by Crippen LogP contribution is -2.57. The van der Waals surface area contributed by atoms with Crippen molar-refractivity contribution in [1.82, 2.24) is 0 Å². The number of aliphatic hydroxyl groups excluding tert-OH is 1. The summed E-state index contributed by atoms with van der Waals surface area (Å²) < 4.78 is 35.7. The second kappa shape index (κ2) is 10.4. The maximum absolute atomic E-state index is 13.5. The Bertz CT molecular complexity index is 1220. The van der Waals surface area contributed by atoms with Gasteiger partial charge in [-0.3, -0.25) is 0 Å². The van der Waals surface area contributed by atoms with E-state index in [1.807, 2.05) is 30.3 Å². The van der Waals surface area contributed by atoms with E-state index in [0.29, 0.717) is 17.1 Å². The summed E-state index contributed by atoms with van der Waals surface area (Å²) in [7, 11) is -1.64. The van der Waals surface area contributed by atoms with Gasteiger partial charge in [0.05, 0.1) is 20.3 Å². The molecular weight excluding hydrogens is 456 g/mol. The van der Waals surface area contributed by atoms with E-state index in [9.17, 15) is 18.6 Å². The maximum Gasteiger partial charge on any atom is 0.222 e. The Kier molecular flexibility index (Phi) is 7.83. The molecule has 9 heteroatoms.